The van der Waals surface area contributed by atoms with E-state index in [0.29, 0.717) is 0 Å². The van der Waals surface area contributed by atoms with Crippen LogP contribution in [0.2, 0.25) is 1.41 Å². The molecule has 1 heterocycles. The standard InChI is InChI=1S/C6H14N2/c1-6(2)5-7-3-4-8-6/h7-8H,3-5H2,1-2H3/i/hD. The van der Waals surface area contributed by atoms with Gasteiger partial charge in [0.2, 0.25) is 0 Å². The first-order chi connectivity index (χ1) is 4.10. The summed E-state index contributed by atoms with van der Waals surface area (Å²) >= 11 is 0. The summed E-state index contributed by atoms with van der Waals surface area (Å²) in [7, 11) is 0. The zero-order valence-corrected chi connectivity index (χ0v) is 5.57. The highest BCUT2D eigenvalue weighted by Crippen LogP contribution is 2.00. The molecule has 1 aliphatic rings. The summed E-state index contributed by atoms with van der Waals surface area (Å²) in [5, 5.41) is 4.93. The average Bonchev–Trinajstić information content (AvgIpc) is 1.60. The van der Waals surface area contributed by atoms with Gasteiger partial charge in [-0.25, -0.2) is 0 Å². The molecule has 0 aromatic heterocycles. The summed E-state index contributed by atoms with van der Waals surface area (Å²) in [4.78, 5) is 0. The van der Waals surface area contributed by atoms with Gasteiger partial charge >= 0.3 is 0 Å². The third-order valence-electron chi connectivity index (χ3n) is 1.38. The van der Waals surface area contributed by atoms with Gasteiger partial charge in [0.15, 0.2) is 0 Å². The molecular weight excluding hydrogens is 100 g/mol. The Hall–Kier alpha value is -0.0800. The SMILES string of the molecule is [2H]N1CCNC(C)(C)C1. The fraction of sp³-hybridized carbons (Fsp3) is 1.00. The first-order valence-corrected chi connectivity index (χ1v) is 3.09. The number of rotatable bonds is 0. The highest BCUT2D eigenvalue weighted by Gasteiger charge is 2.18. The molecule has 8 heavy (non-hydrogen) atoms. The first kappa shape index (κ1) is 4.77. The maximum Gasteiger partial charge on any atom is 0.122 e. The summed E-state index contributed by atoms with van der Waals surface area (Å²) in [6.07, 6.45) is 0. The average molecular weight is 115 g/mol. The summed E-state index contributed by atoms with van der Waals surface area (Å²) < 4.78 is 7.32. The van der Waals surface area contributed by atoms with Crippen molar-refractivity contribution >= 4 is 0 Å². The van der Waals surface area contributed by atoms with Crippen LogP contribution >= 0.6 is 0 Å². The van der Waals surface area contributed by atoms with E-state index in [2.05, 4.69) is 19.2 Å². The molecule has 0 atom stereocenters. The Labute approximate surface area is 52.1 Å². The summed E-state index contributed by atoms with van der Waals surface area (Å²) in [6.45, 7) is 6.86. The van der Waals surface area contributed by atoms with Crippen LogP contribution < -0.4 is 10.6 Å². The van der Waals surface area contributed by atoms with Crippen LogP contribution in [-0.2, 0) is 0 Å². The third kappa shape index (κ3) is 1.46. The summed E-state index contributed by atoms with van der Waals surface area (Å²) in [5.41, 5.74) is 0.139. The van der Waals surface area contributed by atoms with Crippen molar-refractivity contribution in [3.8, 4) is 0 Å². The zero-order valence-electron chi connectivity index (χ0n) is 6.57. The molecule has 1 fully saturated rings. The Balaban J connectivity index is 2.41. The van der Waals surface area contributed by atoms with Crippen molar-refractivity contribution in [1.29, 1.82) is 0 Å². The molecule has 1 rings (SSSR count). The lowest BCUT2D eigenvalue weighted by molar-refractivity contribution is 0.323. The zero-order chi connectivity index (χ0) is 6.91. The van der Waals surface area contributed by atoms with E-state index in [0.717, 1.165) is 19.6 Å². The van der Waals surface area contributed by atoms with E-state index in [4.69, 9.17) is 1.41 Å². The summed E-state index contributed by atoms with van der Waals surface area (Å²) in [6, 6.07) is 0. The molecule has 0 spiro atoms. The van der Waals surface area contributed by atoms with Crippen LogP contribution in [0.1, 0.15) is 13.8 Å². The van der Waals surface area contributed by atoms with E-state index >= 15 is 0 Å². The summed E-state index contributed by atoms with van der Waals surface area (Å²) in [5.74, 6) is 0. The predicted molar refractivity (Wildman–Crippen MR) is 35.0 cm³/mol. The molecule has 0 aromatic rings. The van der Waals surface area contributed by atoms with Crippen LogP contribution in [0.15, 0.2) is 0 Å². The number of hydrogen-bond acceptors (Lipinski definition) is 2. The van der Waals surface area contributed by atoms with Crippen molar-refractivity contribution in [1.82, 2.24) is 10.6 Å². The number of piperazine rings is 1. The van der Waals surface area contributed by atoms with Gasteiger partial charge in [-0.3, -0.25) is 0 Å². The lowest BCUT2D eigenvalue weighted by Gasteiger charge is -2.31. The fourth-order valence-electron chi connectivity index (χ4n) is 0.888. The van der Waals surface area contributed by atoms with Gasteiger partial charge in [-0.15, -0.1) is 0 Å². The Morgan fingerprint density at radius 1 is 1.50 bits per heavy atom. The van der Waals surface area contributed by atoms with Gasteiger partial charge < -0.3 is 10.6 Å². The molecule has 0 saturated carbocycles. The van der Waals surface area contributed by atoms with Crippen LogP contribution in [0.25, 0.3) is 0 Å². The molecule has 0 unspecified atom stereocenters. The van der Waals surface area contributed by atoms with Gasteiger partial charge in [0.25, 0.3) is 0 Å². The van der Waals surface area contributed by atoms with Crippen molar-refractivity contribution < 1.29 is 1.41 Å². The molecule has 48 valence electrons. The van der Waals surface area contributed by atoms with E-state index in [1.54, 1.807) is 5.31 Å². The molecule has 2 nitrogen and oxygen atoms in total. The molecule has 0 amide bonds. The Kier molecular flexibility index (Phi) is 1.21. The van der Waals surface area contributed by atoms with Crippen molar-refractivity contribution in [3.63, 3.8) is 0 Å². The van der Waals surface area contributed by atoms with Crippen molar-refractivity contribution in [3.05, 3.63) is 0 Å². The maximum absolute atomic E-state index is 7.32. The van der Waals surface area contributed by atoms with E-state index < -0.39 is 0 Å². The molecule has 0 bridgehead atoms. The Morgan fingerprint density at radius 2 is 2.25 bits per heavy atom. The third-order valence-corrected chi connectivity index (χ3v) is 1.38. The normalized spacial score (nSPS) is 32.0. The lowest BCUT2D eigenvalue weighted by atomic mass is 10.0. The van der Waals surface area contributed by atoms with Crippen molar-refractivity contribution in [2.24, 2.45) is 0 Å². The second-order valence-electron chi connectivity index (χ2n) is 2.92. The quantitative estimate of drug-likeness (QED) is 0.463. The molecule has 1 saturated heterocycles. The second kappa shape index (κ2) is 2.03. The smallest absolute Gasteiger partial charge is 0.122 e. The molecule has 0 aliphatic carbocycles. The monoisotopic (exact) mass is 115 g/mol. The van der Waals surface area contributed by atoms with Gasteiger partial charge in [0.1, 0.15) is 1.41 Å². The Morgan fingerprint density at radius 3 is 2.62 bits per heavy atom. The molecule has 0 radical (unpaired) electrons. The predicted octanol–water partition coefficient (Wildman–Crippen LogP) is -0.0422. The minimum atomic E-state index is 0.139. The second-order valence-corrected chi connectivity index (χ2v) is 2.92. The van der Waals surface area contributed by atoms with E-state index in [1.165, 1.54) is 0 Å². The van der Waals surface area contributed by atoms with Crippen LogP contribution in [0.3, 0.4) is 0 Å². The van der Waals surface area contributed by atoms with Gasteiger partial charge in [-0.05, 0) is 13.8 Å². The largest absolute Gasteiger partial charge is 0.314 e. The lowest BCUT2D eigenvalue weighted by Crippen LogP contribution is -2.55. The fourth-order valence-corrected chi connectivity index (χ4v) is 0.888. The van der Waals surface area contributed by atoms with Crippen LogP contribution in [0, 0.1) is 0 Å². The van der Waals surface area contributed by atoms with E-state index in [-0.39, 0.29) is 5.54 Å². The van der Waals surface area contributed by atoms with E-state index in [9.17, 15) is 0 Å². The minimum Gasteiger partial charge on any atom is -0.314 e. The highest BCUT2D eigenvalue weighted by atomic mass is 15.1. The van der Waals surface area contributed by atoms with Crippen LogP contribution in [0.5, 0.6) is 0 Å². The van der Waals surface area contributed by atoms with Gasteiger partial charge in [0.05, 0.1) is 0 Å². The van der Waals surface area contributed by atoms with Gasteiger partial charge in [-0.2, -0.15) is 0 Å². The van der Waals surface area contributed by atoms with Crippen molar-refractivity contribution in [2.75, 3.05) is 19.6 Å². The van der Waals surface area contributed by atoms with Crippen LogP contribution in [-0.4, -0.2) is 25.2 Å². The van der Waals surface area contributed by atoms with Crippen LogP contribution in [0.4, 0.5) is 0 Å². The number of hydrogen-bond donors (Lipinski definition) is 2. The molecule has 2 heteroatoms. The van der Waals surface area contributed by atoms with Gasteiger partial charge in [-0.1, -0.05) is 0 Å². The maximum atomic E-state index is 7.32. The highest BCUT2D eigenvalue weighted by molar-refractivity contribution is 4.83. The Bertz CT molecular complexity index is 103. The molecule has 2 N–H and O–H groups in total. The van der Waals surface area contributed by atoms with Crippen molar-refractivity contribution in [2.45, 2.75) is 19.4 Å². The van der Waals surface area contributed by atoms with Gasteiger partial charge in [0, 0.05) is 25.2 Å². The molecule has 0 aromatic carbocycles. The molecule has 1 aliphatic heterocycles. The number of nitrogens with one attached hydrogen (secondary N) is 2. The van der Waals surface area contributed by atoms with E-state index in [1.807, 2.05) is 0 Å². The topological polar surface area (TPSA) is 24.1 Å². The molecular formula is C6H14N2. The minimum absolute atomic E-state index is 0.139. The first-order valence-electron chi connectivity index (χ1n) is 3.54.